The van der Waals surface area contributed by atoms with Crippen LogP contribution in [0, 0.1) is 19.8 Å². The van der Waals surface area contributed by atoms with Crippen LogP contribution in [0.2, 0.25) is 0 Å². The number of rotatable bonds is 4. The number of aryl methyl sites for hydroxylation is 1. The van der Waals surface area contributed by atoms with Gasteiger partial charge in [0, 0.05) is 11.6 Å². The van der Waals surface area contributed by atoms with E-state index in [9.17, 15) is 4.79 Å². The fourth-order valence-corrected chi connectivity index (χ4v) is 3.18. The predicted octanol–water partition coefficient (Wildman–Crippen LogP) is 4.96. The van der Waals surface area contributed by atoms with Crippen LogP contribution in [-0.4, -0.2) is 10.9 Å². The average Bonchev–Trinajstić information content (AvgIpc) is 2.61. The standard InChI is InChI=1S/C20H25N3O/c1-14-7-6-10-18(15(14)2)22-17-11-12-19(21-13-17)23-20(24)16-8-4-3-5-9-16/h6-7,10-13,16,22H,3-5,8-9H2,1-2H3,(H,21,23,24). The number of carbonyl (C=O) groups is 1. The molecule has 0 bridgehead atoms. The Kier molecular flexibility index (Phi) is 5.14. The van der Waals surface area contributed by atoms with E-state index in [0.717, 1.165) is 37.1 Å². The van der Waals surface area contributed by atoms with Gasteiger partial charge in [-0.25, -0.2) is 4.98 Å². The molecule has 0 radical (unpaired) electrons. The smallest absolute Gasteiger partial charge is 0.228 e. The fourth-order valence-electron chi connectivity index (χ4n) is 3.18. The Bertz CT molecular complexity index is 703. The summed E-state index contributed by atoms with van der Waals surface area (Å²) in [6.07, 6.45) is 7.32. The van der Waals surface area contributed by atoms with Gasteiger partial charge in [0.1, 0.15) is 5.82 Å². The molecule has 1 amide bonds. The number of amides is 1. The summed E-state index contributed by atoms with van der Waals surface area (Å²) in [5.41, 5.74) is 4.48. The summed E-state index contributed by atoms with van der Waals surface area (Å²) < 4.78 is 0. The lowest BCUT2D eigenvalue weighted by atomic mass is 9.89. The normalized spacial score (nSPS) is 15.1. The summed E-state index contributed by atoms with van der Waals surface area (Å²) in [7, 11) is 0. The molecule has 1 heterocycles. The first-order valence-corrected chi connectivity index (χ1v) is 8.73. The van der Waals surface area contributed by atoms with Gasteiger partial charge in [-0.3, -0.25) is 4.79 Å². The molecule has 126 valence electrons. The highest BCUT2D eigenvalue weighted by atomic mass is 16.1. The van der Waals surface area contributed by atoms with E-state index in [-0.39, 0.29) is 11.8 Å². The van der Waals surface area contributed by atoms with Crippen LogP contribution in [0.3, 0.4) is 0 Å². The number of carbonyl (C=O) groups excluding carboxylic acids is 1. The van der Waals surface area contributed by atoms with Crippen LogP contribution in [-0.2, 0) is 4.79 Å². The van der Waals surface area contributed by atoms with Gasteiger partial charge < -0.3 is 10.6 Å². The summed E-state index contributed by atoms with van der Waals surface area (Å²) >= 11 is 0. The van der Waals surface area contributed by atoms with Crippen molar-refractivity contribution in [2.75, 3.05) is 10.6 Å². The molecule has 1 saturated carbocycles. The molecule has 0 aliphatic heterocycles. The van der Waals surface area contributed by atoms with Crippen molar-refractivity contribution in [3.8, 4) is 0 Å². The topological polar surface area (TPSA) is 54.0 Å². The molecule has 4 heteroatoms. The minimum atomic E-state index is 0.109. The highest BCUT2D eigenvalue weighted by molar-refractivity contribution is 5.91. The van der Waals surface area contributed by atoms with E-state index in [2.05, 4.69) is 41.6 Å². The average molecular weight is 323 g/mol. The maximum atomic E-state index is 12.3. The second kappa shape index (κ2) is 7.47. The molecule has 1 aliphatic rings. The first-order valence-electron chi connectivity index (χ1n) is 8.73. The zero-order chi connectivity index (χ0) is 16.9. The van der Waals surface area contributed by atoms with Gasteiger partial charge in [-0.05, 0) is 56.0 Å². The Balaban J connectivity index is 1.62. The third kappa shape index (κ3) is 3.94. The SMILES string of the molecule is Cc1cccc(Nc2ccc(NC(=O)C3CCCCC3)nc2)c1C. The van der Waals surface area contributed by atoms with Gasteiger partial charge in [-0.1, -0.05) is 31.4 Å². The first-order chi connectivity index (χ1) is 11.6. The van der Waals surface area contributed by atoms with Crippen LogP contribution in [0.5, 0.6) is 0 Å². The molecule has 1 aliphatic carbocycles. The van der Waals surface area contributed by atoms with Gasteiger partial charge in [0.15, 0.2) is 0 Å². The van der Waals surface area contributed by atoms with Gasteiger partial charge in [0.2, 0.25) is 5.91 Å². The fraction of sp³-hybridized carbons (Fsp3) is 0.400. The van der Waals surface area contributed by atoms with Crippen molar-refractivity contribution in [2.45, 2.75) is 46.0 Å². The van der Waals surface area contributed by atoms with E-state index in [1.165, 1.54) is 17.5 Å². The summed E-state index contributed by atoms with van der Waals surface area (Å²) in [6, 6.07) is 10.0. The van der Waals surface area contributed by atoms with Gasteiger partial charge >= 0.3 is 0 Å². The van der Waals surface area contributed by atoms with Gasteiger partial charge in [0.05, 0.1) is 11.9 Å². The number of aromatic nitrogens is 1. The van der Waals surface area contributed by atoms with Crippen molar-refractivity contribution in [1.29, 1.82) is 0 Å². The number of nitrogens with one attached hydrogen (secondary N) is 2. The van der Waals surface area contributed by atoms with Crippen molar-refractivity contribution in [2.24, 2.45) is 5.92 Å². The number of benzene rings is 1. The van der Waals surface area contributed by atoms with Gasteiger partial charge in [-0.15, -0.1) is 0 Å². The van der Waals surface area contributed by atoms with Crippen molar-refractivity contribution in [1.82, 2.24) is 4.98 Å². The third-order valence-corrected chi connectivity index (χ3v) is 4.87. The van der Waals surface area contributed by atoms with Crippen LogP contribution in [0.15, 0.2) is 36.5 Å². The zero-order valence-corrected chi connectivity index (χ0v) is 14.4. The Morgan fingerprint density at radius 1 is 1.08 bits per heavy atom. The van der Waals surface area contributed by atoms with E-state index in [0.29, 0.717) is 5.82 Å². The molecule has 1 aromatic carbocycles. The minimum Gasteiger partial charge on any atom is -0.354 e. The third-order valence-electron chi connectivity index (χ3n) is 4.87. The molecule has 3 rings (SSSR count). The van der Waals surface area contributed by atoms with Gasteiger partial charge in [-0.2, -0.15) is 0 Å². The molecule has 0 spiro atoms. The summed E-state index contributed by atoms with van der Waals surface area (Å²) in [5.74, 6) is 0.878. The molecule has 4 nitrogen and oxygen atoms in total. The number of hydrogen-bond acceptors (Lipinski definition) is 3. The lowest BCUT2D eigenvalue weighted by Gasteiger charge is -2.20. The molecular weight excluding hydrogens is 298 g/mol. The molecular formula is C20H25N3O. The monoisotopic (exact) mass is 323 g/mol. The maximum Gasteiger partial charge on any atom is 0.228 e. The van der Waals surface area contributed by atoms with Crippen LogP contribution in [0.4, 0.5) is 17.2 Å². The molecule has 2 aromatic rings. The Morgan fingerprint density at radius 2 is 1.88 bits per heavy atom. The molecule has 0 atom stereocenters. The van der Waals surface area contributed by atoms with E-state index in [1.807, 2.05) is 18.2 Å². The number of nitrogens with zero attached hydrogens (tertiary/aromatic N) is 1. The quantitative estimate of drug-likeness (QED) is 0.836. The second-order valence-corrected chi connectivity index (χ2v) is 6.63. The van der Waals surface area contributed by atoms with E-state index >= 15 is 0 Å². The number of hydrogen-bond donors (Lipinski definition) is 2. The minimum absolute atomic E-state index is 0.109. The highest BCUT2D eigenvalue weighted by Crippen LogP contribution is 2.25. The molecule has 24 heavy (non-hydrogen) atoms. The van der Waals surface area contributed by atoms with E-state index in [4.69, 9.17) is 0 Å². The van der Waals surface area contributed by atoms with E-state index in [1.54, 1.807) is 6.20 Å². The Hall–Kier alpha value is -2.36. The zero-order valence-electron chi connectivity index (χ0n) is 14.4. The lowest BCUT2D eigenvalue weighted by molar-refractivity contribution is -0.120. The summed E-state index contributed by atoms with van der Waals surface area (Å²) in [5, 5.41) is 6.33. The number of pyridine rings is 1. The Morgan fingerprint density at radius 3 is 2.58 bits per heavy atom. The van der Waals surface area contributed by atoms with Crippen molar-refractivity contribution >= 4 is 23.1 Å². The Labute approximate surface area is 143 Å². The van der Waals surface area contributed by atoms with Crippen LogP contribution in [0.25, 0.3) is 0 Å². The predicted molar refractivity (Wildman–Crippen MR) is 98.6 cm³/mol. The lowest BCUT2D eigenvalue weighted by Crippen LogP contribution is -2.25. The maximum absolute atomic E-state index is 12.3. The van der Waals surface area contributed by atoms with Crippen molar-refractivity contribution in [3.05, 3.63) is 47.7 Å². The first kappa shape index (κ1) is 16.5. The molecule has 0 unspecified atom stereocenters. The molecule has 2 N–H and O–H groups in total. The largest absolute Gasteiger partial charge is 0.354 e. The van der Waals surface area contributed by atoms with E-state index < -0.39 is 0 Å². The summed E-state index contributed by atoms with van der Waals surface area (Å²) in [6.45, 7) is 4.20. The highest BCUT2D eigenvalue weighted by Gasteiger charge is 2.21. The second-order valence-electron chi connectivity index (χ2n) is 6.63. The van der Waals surface area contributed by atoms with Crippen molar-refractivity contribution < 1.29 is 4.79 Å². The molecule has 0 saturated heterocycles. The molecule has 1 aromatic heterocycles. The van der Waals surface area contributed by atoms with Gasteiger partial charge in [0.25, 0.3) is 0 Å². The van der Waals surface area contributed by atoms with Crippen molar-refractivity contribution in [3.63, 3.8) is 0 Å². The molecule has 1 fully saturated rings. The van der Waals surface area contributed by atoms with Crippen LogP contribution < -0.4 is 10.6 Å². The van der Waals surface area contributed by atoms with Crippen LogP contribution >= 0.6 is 0 Å². The summed E-state index contributed by atoms with van der Waals surface area (Å²) in [4.78, 5) is 16.6. The van der Waals surface area contributed by atoms with Crippen LogP contribution in [0.1, 0.15) is 43.2 Å². The number of anilines is 3.